The standard InChI is InChI=1S/C15H15ClN2O3/c16-13-8-4-9-14(18(19)20)15(13)17-10-5-11-21-12-6-2-1-3-7-12/h1-4,6-9,17H,5,10-11H2. The molecule has 0 aromatic heterocycles. The van der Waals surface area contributed by atoms with Crippen LogP contribution in [0.25, 0.3) is 0 Å². The Morgan fingerprint density at radius 2 is 1.90 bits per heavy atom. The molecule has 21 heavy (non-hydrogen) atoms. The lowest BCUT2D eigenvalue weighted by atomic mass is 10.2. The Hall–Kier alpha value is -2.27. The van der Waals surface area contributed by atoms with E-state index in [4.69, 9.17) is 16.3 Å². The Kier molecular flexibility index (Phi) is 5.40. The van der Waals surface area contributed by atoms with Crippen LogP contribution in [-0.2, 0) is 0 Å². The first-order chi connectivity index (χ1) is 10.2. The Balaban J connectivity index is 1.83. The average molecular weight is 307 g/mol. The van der Waals surface area contributed by atoms with Crippen molar-refractivity contribution in [2.24, 2.45) is 0 Å². The Morgan fingerprint density at radius 1 is 1.14 bits per heavy atom. The van der Waals surface area contributed by atoms with Gasteiger partial charge in [0.1, 0.15) is 11.4 Å². The lowest BCUT2D eigenvalue weighted by molar-refractivity contribution is -0.383. The number of nitrogens with one attached hydrogen (secondary N) is 1. The van der Waals surface area contributed by atoms with E-state index in [1.165, 1.54) is 6.07 Å². The number of hydrogen-bond acceptors (Lipinski definition) is 4. The van der Waals surface area contributed by atoms with Gasteiger partial charge in [0.2, 0.25) is 0 Å². The van der Waals surface area contributed by atoms with Crippen molar-refractivity contribution in [2.45, 2.75) is 6.42 Å². The summed E-state index contributed by atoms with van der Waals surface area (Å²) in [5.41, 5.74) is 0.329. The van der Waals surface area contributed by atoms with Gasteiger partial charge < -0.3 is 10.1 Å². The molecule has 2 aromatic rings. The number of nitro groups is 1. The van der Waals surface area contributed by atoms with Gasteiger partial charge in [-0.1, -0.05) is 35.9 Å². The van der Waals surface area contributed by atoms with Crippen molar-refractivity contribution in [2.75, 3.05) is 18.5 Å². The minimum atomic E-state index is -0.450. The number of anilines is 1. The summed E-state index contributed by atoms with van der Waals surface area (Å²) < 4.78 is 5.55. The second kappa shape index (κ2) is 7.50. The molecule has 0 aliphatic carbocycles. The number of rotatable bonds is 7. The number of para-hydroxylation sites is 2. The quantitative estimate of drug-likeness (QED) is 0.474. The zero-order valence-corrected chi connectivity index (χ0v) is 12.0. The van der Waals surface area contributed by atoms with Gasteiger partial charge in [-0.05, 0) is 24.6 Å². The highest BCUT2D eigenvalue weighted by Crippen LogP contribution is 2.31. The molecule has 0 aliphatic rings. The van der Waals surface area contributed by atoms with E-state index in [2.05, 4.69) is 5.32 Å². The molecule has 0 amide bonds. The summed E-state index contributed by atoms with van der Waals surface area (Å²) in [5, 5.41) is 14.3. The van der Waals surface area contributed by atoms with Crippen molar-refractivity contribution in [3.05, 3.63) is 63.7 Å². The molecule has 6 heteroatoms. The van der Waals surface area contributed by atoms with Crippen LogP contribution in [0.3, 0.4) is 0 Å². The van der Waals surface area contributed by atoms with Gasteiger partial charge in [-0.3, -0.25) is 10.1 Å². The van der Waals surface area contributed by atoms with Crippen LogP contribution in [0.4, 0.5) is 11.4 Å². The molecule has 2 aromatic carbocycles. The molecule has 0 fully saturated rings. The average Bonchev–Trinajstić information content (AvgIpc) is 2.49. The minimum absolute atomic E-state index is 0.0218. The maximum Gasteiger partial charge on any atom is 0.293 e. The van der Waals surface area contributed by atoms with Gasteiger partial charge in [0, 0.05) is 12.6 Å². The van der Waals surface area contributed by atoms with E-state index in [0.29, 0.717) is 30.3 Å². The summed E-state index contributed by atoms with van der Waals surface area (Å²) in [6.07, 6.45) is 0.706. The van der Waals surface area contributed by atoms with E-state index in [9.17, 15) is 10.1 Å². The van der Waals surface area contributed by atoms with Crippen molar-refractivity contribution >= 4 is 23.0 Å². The number of halogens is 1. The fourth-order valence-corrected chi connectivity index (χ4v) is 2.07. The lowest BCUT2D eigenvalue weighted by Crippen LogP contribution is -2.09. The van der Waals surface area contributed by atoms with Crippen molar-refractivity contribution in [3.63, 3.8) is 0 Å². The Labute approximate surface area is 127 Å². The third kappa shape index (κ3) is 4.36. The maximum atomic E-state index is 10.9. The topological polar surface area (TPSA) is 64.4 Å². The largest absolute Gasteiger partial charge is 0.494 e. The van der Waals surface area contributed by atoms with E-state index in [-0.39, 0.29) is 5.69 Å². The molecule has 0 aliphatic heterocycles. The summed E-state index contributed by atoms with van der Waals surface area (Å²) in [6, 6.07) is 14.1. The smallest absolute Gasteiger partial charge is 0.293 e. The first-order valence-corrected chi connectivity index (χ1v) is 6.91. The summed E-state index contributed by atoms with van der Waals surface area (Å²) in [5.74, 6) is 0.807. The predicted octanol–water partition coefficient (Wildman–Crippen LogP) is 4.13. The van der Waals surface area contributed by atoms with Crippen molar-refractivity contribution < 1.29 is 9.66 Å². The van der Waals surface area contributed by atoms with Crippen LogP contribution in [0.15, 0.2) is 48.5 Å². The van der Waals surface area contributed by atoms with Crippen molar-refractivity contribution in [3.8, 4) is 5.75 Å². The van der Waals surface area contributed by atoms with Crippen LogP contribution in [-0.4, -0.2) is 18.1 Å². The second-order valence-electron chi connectivity index (χ2n) is 4.33. The van der Waals surface area contributed by atoms with Crippen LogP contribution < -0.4 is 10.1 Å². The summed E-state index contributed by atoms with van der Waals surface area (Å²) >= 11 is 5.98. The van der Waals surface area contributed by atoms with Gasteiger partial charge in [-0.15, -0.1) is 0 Å². The molecule has 0 atom stereocenters. The molecule has 110 valence electrons. The number of ether oxygens (including phenoxy) is 1. The third-order valence-electron chi connectivity index (χ3n) is 2.82. The molecule has 0 bridgehead atoms. The van der Waals surface area contributed by atoms with E-state index in [1.807, 2.05) is 30.3 Å². The van der Waals surface area contributed by atoms with Gasteiger partial charge in [-0.2, -0.15) is 0 Å². The first kappa shape index (κ1) is 15.1. The summed E-state index contributed by atoms with van der Waals surface area (Å²) in [4.78, 5) is 10.5. The van der Waals surface area contributed by atoms with Gasteiger partial charge in [0.05, 0.1) is 16.6 Å². The van der Waals surface area contributed by atoms with Crippen LogP contribution in [0, 0.1) is 10.1 Å². The monoisotopic (exact) mass is 306 g/mol. The zero-order valence-electron chi connectivity index (χ0n) is 11.3. The van der Waals surface area contributed by atoms with Crippen LogP contribution >= 0.6 is 11.6 Å². The Morgan fingerprint density at radius 3 is 2.62 bits per heavy atom. The minimum Gasteiger partial charge on any atom is -0.494 e. The molecular weight excluding hydrogens is 292 g/mol. The molecule has 0 heterocycles. The number of nitrogens with zero attached hydrogens (tertiary/aromatic N) is 1. The Bertz CT molecular complexity index is 605. The summed E-state index contributed by atoms with van der Waals surface area (Å²) in [6.45, 7) is 1.06. The predicted molar refractivity (Wildman–Crippen MR) is 83.2 cm³/mol. The van der Waals surface area contributed by atoms with Gasteiger partial charge in [-0.25, -0.2) is 0 Å². The molecule has 2 rings (SSSR count). The molecule has 0 saturated heterocycles. The van der Waals surface area contributed by atoms with E-state index < -0.39 is 4.92 Å². The lowest BCUT2D eigenvalue weighted by Gasteiger charge is -2.09. The number of nitro benzene ring substituents is 1. The van der Waals surface area contributed by atoms with E-state index >= 15 is 0 Å². The van der Waals surface area contributed by atoms with Gasteiger partial charge in [0.15, 0.2) is 0 Å². The molecule has 1 N–H and O–H groups in total. The van der Waals surface area contributed by atoms with E-state index in [1.54, 1.807) is 12.1 Å². The van der Waals surface area contributed by atoms with Crippen LogP contribution in [0.5, 0.6) is 5.75 Å². The first-order valence-electron chi connectivity index (χ1n) is 6.53. The molecular formula is C15H15ClN2O3. The molecule has 5 nitrogen and oxygen atoms in total. The van der Waals surface area contributed by atoms with E-state index in [0.717, 1.165) is 5.75 Å². The molecule has 0 unspecified atom stereocenters. The molecule has 0 radical (unpaired) electrons. The SMILES string of the molecule is O=[N+]([O-])c1cccc(Cl)c1NCCCOc1ccccc1. The second-order valence-corrected chi connectivity index (χ2v) is 4.74. The summed E-state index contributed by atoms with van der Waals surface area (Å²) in [7, 11) is 0. The fraction of sp³-hybridized carbons (Fsp3) is 0.200. The fourth-order valence-electron chi connectivity index (χ4n) is 1.83. The highest BCUT2D eigenvalue weighted by Gasteiger charge is 2.15. The van der Waals surface area contributed by atoms with Crippen molar-refractivity contribution in [1.82, 2.24) is 0 Å². The highest BCUT2D eigenvalue weighted by atomic mass is 35.5. The molecule has 0 spiro atoms. The normalized spacial score (nSPS) is 10.1. The van der Waals surface area contributed by atoms with Crippen LogP contribution in [0.1, 0.15) is 6.42 Å². The van der Waals surface area contributed by atoms with Crippen LogP contribution in [0.2, 0.25) is 5.02 Å². The molecule has 0 saturated carbocycles. The number of benzene rings is 2. The third-order valence-corrected chi connectivity index (χ3v) is 3.14. The zero-order chi connectivity index (χ0) is 15.1. The van der Waals surface area contributed by atoms with Gasteiger partial charge >= 0.3 is 0 Å². The number of hydrogen-bond donors (Lipinski definition) is 1. The maximum absolute atomic E-state index is 10.9. The van der Waals surface area contributed by atoms with Gasteiger partial charge in [0.25, 0.3) is 5.69 Å². The van der Waals surface area contributed by atoms with Crippen molar-refractivity contribution in [1.29, 1.82) is 0 Å². The highest BCUT2D eigenvalue weighted by molar-refractivity contribution is 6.33.